The van der Waals surface area contributed by atoms with Gasteiger partial charge in [-0.2, -0.15) is 5.26 Å². The summed E-state index contributed by atoms with van der Waals surface area (Å²) in [6, 6.07) is 5.44. The van der Waals surface area contributed by atoms with Crippen LogP contribution in [0.2, 0.25) is 0 Å². The number of benzene rings is 1. The summed E-state index contributed by atoms with van der Waals surface area (Å²) in [6.45, 7) is 1.31. The highest BCUT2D eigenvalue weighted by Crippen LogP contribution is 2.40. The zero-order chi connectivity index (χ0) is 16.2. The summed E-state index contributed by atoms with van der Waals surface area (Å²) in [5, 5.41) is 12.0. The molecule has 0 saturated carbocycles. The van der Waals surface area contributed by atoms with Crippen LogP contribution >= 0.6 is 15.9 Å². The summed E-state index contributed by atoms with van der Waals surface area (Å²) in [5.74, 6) is 0.808. The average Bonchev–Trinajstić information content (AvgIpc) is 3.21. The minimum Gasteiger partial charge on any atom is -0.454 e. The molecule has 0 spiro atoms. The van der Waals surface area contributed by atoms with Gasteiger partial charge in [0.25, 0.3) is 5.91 Å². The summed E-state index contributed by atoms with van der Waals surface area (Å²) in [6.07, 6.45) is 3.50. The molecule has 2 aliphatic heterocycles. The van der Waals surface area contributed by atoms with E-state index in [9.17, 15) is 10.1 Å². The lowest BCUT2D eigenvalue weighted by molar-refractivity contribution is -0.117. The van der Waals surface area contributed by atoms with Crippen molar-refractivity contribution in [3.05, 3.63) is 27.7 Å². The quantitative estimate of drug-likeness (QED) is 0.642. The highest BCUT2D eigenvalue weighted by molar-refractivity contribution is 9.10. The third-order valence-electron chi connectivity index (χ3n) is 3.64. The minimum atomic E-state index is -0.406. The van der Waals surface area contributed by atoms with E-state index in [-0.39, 0.29) is 18.5 Å². The van der Waals surface area contributed by atoms with Crippen LogP contribution in [0, 0.1) is 11.3 Å². The molecule has 1 aromatic rings. The van der Waals surface area contributed by atoms with Crippen LogP contribution in [-0.4, -0.2) is 32.0 Å². The Labute approximate surface area is 142 Å². The molecule has 1 unspecified atom stereocenters. The van der Waals surface area contributed by atoms with Gasteiger partial charge in [0.15, 0.2) is 11.5 Å². The number of nitrogens with one attached hydrogen (secondary N) is 1. The van der Waals surface area contributed by atoms with Gasteiger partial charge >= 0.3 is 0 Å². The van der Waals surface area contributed by atoms with Gasteiger partial charge in [-0.3, -0.25) is 4.79 Å². The van der Waals surface area contributed by atoms with Crippen LogP contribution in [0.1, 0.15) is 18.4 Å². The monoisotopic (exact) mass is 378 g/mol. The Bertz CT molecular complexity index is 690. The maximum atomic E-state index is 12.1. The lowest BCUT2D eigenvalue weighted by atomic mass is 10.1. The van der Waals surface area contributed by atoms with E-state index < -0.39 is 5.91 Å². The Morgan fingerprint density at radius 3 is 3.09 bits per heavy atom. The Morgan fingerprint density at radius 2 is 2.35 bits per heavy atom. The van der Waals surface area contributed by atoms with Crippen molar-refractivity contribution in [1.82, 2.24) is 5.32 Å². The molecule has 23 heavy (non-hydrogen) atoms. The van der Waals surface area contributed by atoms with E-state index in [2.05, 4.69) is 21.2 Å². The zero-order valence-electron chi connectivity index (χ0n) is 12.3. The molecule has 1 fully saturated rings. The number of carbonyl (C=O) groups is 1. The number of hydrogen-bond donors (Lipinski definition) is 1. The molecule has 1 atom stereocenters. The molecular formula is C16H15BrN2O4. The summed E-state index contributed by atoms with van der Waals surface area (Å²) in [4.78, 5) is 12.1. The topological polar surface area (TPSA) is 80.6 Å². The van der Waals surface area contributed by atoms with Gasteiger partial charge in [0.1, 0.15) is 11.6 Å². The molecule has 120 valence electrons. The Kier molecular flexibility index (Phi) is 4.84. The Morgan fingerprint density at radius 1 is 1.48 bits per heavy atom. The van der Waals surface area contributed by atoms with E-state index >= 15 is 0 Å². The fourth-order valence-corrected chi connectivity index (χ4v) is 3.07. The van der Waals surface area contributed by atoms with Crippen LogP contribution in [-0.2, 0) is 9.53 Å². The first-order valence-electron chi connectivity index (χ1n) is 7.28. The van der Waals surface area contributed by atoms with Crippen molar-refractivity contribution in [2.75, 3.05) is 19.9 Å². The van der Waals surface area contributed by atoms with Gasteiger partial charge < -0.3 is 19.5 Å². The molecule has 0 radical (unpaired) electrons. The number of ether oxygens (including phenoxy) is 3. The largest absolute Gasteiger partial charge is 0.454 e. The molecule has 2 aliphatic rings. The average molecular weight is 379 g/mol. The van der Waals surface area contributed by atoms with Crippen LogP contribution < -0.4 is 14.8 Å². The first kappa shape index (κ1) is 15.8. The summed E-state index contributed by atoms with van der Waals surface area (Å²) < 4.78 is 16.8. The van der Waals surface area contributed by atoms with E-state index in [0.717, 1.165) is 23.9 Å². The van der Waals surface area contributed by atoms with Gasteiger partial charge in [0, 0.05) is 13.2 Å². The van der Waals surface area contributed by atoms with E-state index in [4.69, 9.17) is 14.2 Å². The third kappa shape index (κ3) is 3.66. The smallest absolute Gasteiger partial charge is 0.262 e. The standard InChI is InChI=1S/C16H15BrN2O4/c17-13-5-10(6-14-15(13)23-9-22-14)4-11(7-18)16(20)19-8-12-2-1-3-21-12/h4-6,12H,1-3,8-9H2,(H,19,20)/b11-4+. The van der Waals surface area contributed by atoms with Crippen molar-refractivity contribution in [3.63, 3.8) is 0 Å². The Hall–Kier alpha value is -2.04. The minimum absolute atomic E-state index is 0.0359. The lowest BCUT2D eigenvalue weighted by Crippen LogP contribution is -2.32. The van der Waals surface area contributed by atoms with Crippen molar-refractivity contribution in [2.24, 2.45) is 0 Å². The second-order valence-electron chi connectivity index (χ2n) is 5.25. The first-order chi connectivity index (χ1) is 11.2. The van der Waals surface area contributed by atoms with Crippen LogP contribution in [0.3, 0.4) is 0 Å². The van der Waals surface area contributed by atoms with E-state index in [1.165, 1.54) is 6.08 Å². The molecule has 1 aromatic carbocycles. The fourth-order valence-electron chi connectivity index (χ4n) is 2.49. The van der Waals surface area contributed by atoms with Crippen molar-refractivity contribution in [2.45, 2.75) is 18.9 Å². The molecule has 1 N–H and O–H groups in total. The third-order valence-corrected chi connectivity index (χ3v) is 4.23. The highest BCUT2D eigenvalue weighted by atomic mass is 79.9. The second kappa shape index (κ2) is 7.02. The molecule has 0 aliphatic carbocycles. The van der Waals surface area contributed by atoms with Crippen LogP contribution in [0.15, 0.2) is 22.2 Å². The molecular weight excluding hydrogens is 364 g/mol. The van der Waals surface area contributed by atoms with Crippen molar-refractivity contribution < 1.29 is 19.0 Å². The van der Waals surface area contributed by atoms with Gasteiger partial charge in [0.05, 0.1) is 10.6 Å². The van der Waals surface area contributed by atoms with Crippen molar-refractivity contribution in [1.29, 1.82) is 5.26 Å². The number of fused-ring (bicyclic) bond motifs is 1. The molecule has 1 amide bonds. The van der Waals surface area contributed by atoms with Crippen LogP contribution in [0.4, 0.5) is 0 Å². The van der Waals surface area contributed by atoms with Gasteiger partial charge in [-0.15, -0.1) is 0 Å². The molecule has 3 rings (SSSR count). The number of nitriles is 1. The maximum Gasteiger partial charge on any atom is 0.262 e. The molecule has 0 aromatic heterocycles. The summed E-state index contributed by atoms with van der Waals surface area (Å²) >= 11 is 3.39. The van der Waals surface area contributed by atoms with E-state index in [0.29, 0.717) is 23.6 Å². The van der Waals surface area contributed by atoms with Crippen LogP contribution in [0.5, 0.6) is 11.5 Å². The summed E-state index contributed by atoms with van der Waals surface area (Å²) in [7, 11) is 0. The molecule has 6 nitrogen and oxygen atoms in total. The van der Waals surface area contributed by atoms with E-state index in [1.807, 2.05) is 6.07 Å². The number of nitrogens with zero attached hydrogens (tertiary/aromatic N) is 1. The summed E-state index contributed by atoms with van der Waals surface area (Å²) in [5.41, 5.74) is 0.721. The van der Waals surface area contributed by atoms with Gasteiger partial charge in [0.2, 0.25) is 6.79 Å². The Balaban J connectivity index is 1.72. The highest BCUT2D eigenvalue weighted by Gasteiger charge is 2.20. The first-order valence-corrected chi connectivity index (χ1v) is 8.07. The van der Waals surface area contributed by atoms with Crippen molar-refractivity contribution >= 4 is 27.9 Å². The van der Waals surface area contributed by atoms with Gasteiger partial charge in [-0.05, 0) is 52.5 Å². The number of rotatable bonds is 4. The fraction of sp³-hybridized carbons (Fsp3) is 0.375. The molecule has 2 heterocycles. The number of carbonyl (C=O) groups excluding carboxylic acids is 1. The zero-order valence-corrected chi connectivity index (χ0v) is 13.9. The van der Waals surface area contributed by atoms with E-state index in [1.54, 1.807) is 12.1 Å². The molecule has 7 heteroatoms. The second-order valence-corrected chi connectivity index (χ2v) is 6.11. The number of halogens is 1. The SMILES string of the molecule is N#C/C(=C\c1cc(Br)c2c(c1)OCO2)C(=O)NCC1CCCO1. The number of hydrogen-bond acceptors (Lipinski definition) is 5. The van der Waals surface area contributed by atoms with Gasteiger partial charge in [-0.25, -0.2) is 0 Å². The molecule has 1 saturated heterocycles. The maximum absolute atomic E-state index is 12.1. The van der Waals surface area contributed by atoms with Crippen molar-refractivity contribution in [3.8, 4) is 17.6 Å². The molecule has 0 bridgehead atoms. The number of amides is 1. The lowest BCUT2D eigenvalue weighted by Gasteiger charge is -2.10. The van der Waals surface area contributed by atoms with Crippen LogP contribution in [0.25, 0.3) is 6.08 Å². The van der Waals surface area contributed by atoms with Gasteiger partial charge in [-0.1, -0.05) is 0 Å². The predicted molar refractivity (Wildman–Crippen MR) is 85.8 cm³/mol. The predicted octanol–water partition coefficient (Wildman–Crippen LogP) is 2.38. The normalized spacial score (nSPS) is 19.5.